The molecule has 0 saturated heterocycles. The van der Waals surface area contributed by atoms with Gasteiger partial charge < -0.3 is 5.32 Å². The molecule has 4 N–H and O–H groups in total. The fraction of sp³-hybridized carbons (Fsp3) is 0.357. The second-order valence-electron chi connectivity index (χ2n) is 5.87. The lowest BCUT2D eigenvalue weighted by Gasteiger charge is -2.18. The van der Waals surface area contributed by atoms with Gasteiger partial charge in [-0.25, -0.2) is 23.9 Å². The molecule has 0 aliphatic heterocycles. The number of nitrogens with one attached hydrogen (secondary N) is 2. The number of amides is 1. The number of anilines is 1. The van der Waals surface area contributed by atoms with Crippen molar-refractivity contribution in [3.8, 4) is 0 Å². The molecule has 2 aromatic rings. The van der Waals surface area contributed by atoms with Crippen LogP contribution in [0.4, 0.5) is 23.7 Å². The summed E-state index contributed by atoms with van der Waals surface area (Å²) >= 11 is 0. The van der Waals surface area contributed by atoms with Gasteiger partial charge in [0.05, 0.1) is 5.69 Å². The second kappa shape index (κ2) is 6.06. The average molecular weight is 388 g/mol. The summed E-state index contributed by atoms with van der Waals surface area (Å²) in [6, 6.07) is 0.288. The number of pyridine rings is 1. The quantitative estimate of drug-likeness (QED) is 0.730. The van der Waals surface area contributed by atoms with Gasteiger partial charge in [-0.3, -0.25) is 0 Å². The highest BCUT2D eigenvalue weighted by Gasteiger charge is 2.37. The summed E-state index contributed by atoms with van der Waals surface area (Å²) in [6.07, 6.45) is -1.96. The topological polar surface area (TPSA) is 127 Å². The molecule has 1 amide bonds. The molecule has 0 aromatic carbocycles. The van der Waals surface area contributed by atoms with Crippen molar-refractivity contribution < 1.29 is 22.2 Å². The lowest BCUT2D eigenvalue weighted by Crippen LogP contribution is -2.24. The number of rotatable bonds is 2. The van der Waals surface area contributed by atoms with Crippen molar-refractivity contribution in [2.75, 3.05) is 5.32 Å². The maximum absolute atomic E-state index is 13.2. The summed E-state index contributed by atoms with van der Waals surface area (Å²) in [7, 11) is -3.60. The molecule has 8 nitrogen and oxygen atoms in total. The van der Waals surface area contributed by atoms with Gasteiger partial charge in [-0.05, 0) is 37.8 Å². The van der Waals surface area contributed by atoms with E-state index in [-0.39, 0.29) is 16.3 Å². The first-order valence-electron chi connectivity index (χ1n) is 7.51. The number of carbonyl (C=O) groups is 1. The van der Waals surface area contributed by atoms with Crippen LogP contribution in [0, 0.1) is 11.7 Å². The summed E-state index contributed by atoms with van der Waals surface area (Å²) in [6.45, 7) is 1.25. The van der Waals surface area contributed by atoms with E-state index in [4.69, 9.17) is 9.92 Å². The zero-order valence-electron chi connectivity index (χ0n) is 13.6. The molecule has 1 atom stereocenters. The minimum atomic E-state index is -4.64. The fourth-order valence-corrected chi connectivity index (χ4v) is 3.35. The smallest absolute Gasteiger partial charge is 0.305 e. The summed E-state index contributed by atoms with van der Waals surface area (Å²) < 4.78 is 59.1. The van der Waals surface area contributed by atoms with Crippen molar-refractivity contribution in [1.82, 2.24) is 14.8 Å². The Balaban J connectivity index is 2.01. The molecule has 0 saturated carbocycles. The number of hydrogen-bond acceptors (Lipinski definition) is 5. The standard InChI is InChI=1S/C14H15F3N6O2S/c1-7-11(8-3-2-4-9(8)20-12(7)14(15,16)17)21-13(24)23-6-5-10(22-23)26(18,19)25/h5-6H,2-4H2,1H3,(H3,18,19,25)(H,20,21,24). The first-order chi connectivity index (χ1) is 12.0. The summed E-state index contributed by atoms with van der Waals surface area (Å²) in [4.78, 5) is 16.1. The van der Waals surface area contributed by atoms with E-state index in [1.54, 1.807) is 0 Å². The van der Waals surface area contributed by atoms with Crippen molar-refractivity contribution in [1.29, 1.82) is 4.78 Å². The molecule has 0 radical (unpaired) electrons. The second-order valence-corrected chi connectivity index (χ2v) is 7.49. The lowest BCUT2D eigenvalue weighted by atomic mass is 10.1. The van der Waals surface area contributed by atoms with Crippen molar-refractivity contribution in [3.63, 3.8) is 0 Å². The number of aryl methyl sites for hydroxylation is 1. The largest absolute Gasteiger partial charge is 0.433 e. The number of carbonyl (C=O) groups excluding carboxylic acids is 1. The van der Waals surface area contributed by atoms with Gasteiger partial charge in [0.2, 0.25) is 0 Å². The minimum Gasteiger partial charge on any atom is -0.305 e. The summed E-state index contributed by atoms with van der Waals surface area (Å²) in [5.74, 6) is 0. The average Bonchev–Trinajstić information content (AvgIpc) is 3.16. The normalized spacial score (nSPS) is 16.2. The molecule has 0 spiro atoms. The van der Waals surface area contributed by atoms with Crippen molar-refractivity contribution in [2.45, 2.75) is 37.4 Å². The minimum absolute atomic E-state index is 0.0567. The van der Waals surface area contributed by atoms with E-state index >= 15 is 0 Å². The molecule has 0 fully saturated rings. The van der Waals surface area contributed by atoms with Crippen LogP contribution in [0.3, 0.4) is 0 Å². The first kappa shape index (κ1) is 18.3. The molecular formula is C14H15F3N6O2S. The molecule has 26 heavy (non-hydrogen) atoms. The van der Waals surface area contributed by atoms with Crippen LogP contribution in [0.25, 0.3) is 0 Å². The molecule has 2 aromatic heterocycles. The van der Waals surface area contributed by atoms with Gasteiger partial charge in [-0.1, -0.05) is 0 Å². The van der Waals surface area contributed by atoms with Crippen molar-refractivity contribution in [2.24, 2.45) is 5.14 Å². The predicted molar refractivity (Wildman–Crippen MR) is 86.0 cm³/mol. The number of nitrogens with zero attached hydrogens (tertiary/aromatic N) is 3. The molecule has 1 aliphatic rings. The summed E-state index contributed by atoms with van der Waals surface area (Å²) in [5, 5.41) is 10.9. The van der Waals surface area contributed by atoms with Gasteiger partial charge in [-0.15, -0.1) is 0 Å². The van der Waals surface area contributed by atoms with E-state index in [9.17, 15) is 22.2 Å². The molecule has 12 heteroatoms. The van der Waals surface area contributed by atoms with Gasteiger partial charge >= 0.3 is 12.2 Å². The Labute approximate surface area is 146 Å². The molecule has 3 rings (SSSR count). The van der Waals surface area contributed by atoms with E-state index in [0.717, 1.165) is 16.9 Å². The van der Waals surface area contributed by atoms with Gasteiger partial charge in [0.25, 0.3) is 0 Å². The lowest BCUT2D eigenvalue weighted by molar-refractivity contribution is -0.141. The monoisotopic (exact) mass is 388 g/mol. The molecule has 0 bridgehead atoms. The SMILES string of the molecule is Cc1c(C(F)(F)F)nc2c(c1NC(=O)n1ccc(S(=N)(N)=O)n1)CCC2. The van der Waals surface area contributed by atoms with Crippen LogP contribution < -0.4 is 10.5 Å². The zero-order chi connectivity index (χ0) is 19.3. The number of hydrogen-bond donors (Lipinski definition) is 3. The third-order valence-corrected chi connectivity index (χ3v) is 4.89. The van der Waals surface area contributed by atoms with Crippen LogP contribution in [-0.2, 0) is 28.9 Å². The van der Waals surface area contributed by atoms with Crippen LogP contribution in [0.1, 0.15) is 28.9 Å². The van der Waals surface area contributed by atoms with Gasteiger partial charge in [0.1, 0.15) is 5.69 Å². The van der Waals surface area contributed by atoms with Crippen LogP contribution in [-0.4, -0.2) is 25.0 Å². The van der Waals surface area contributed by atoms with Crippen LogP contribution in [0.2, 0.25) is 0 Å². The zero-order valence-corrected chi connectivity index (χ0v) is 14.4. The number of nitrogens with two attached hydrogens (primary N) is 1. The van der Waals surface area contributed by atoms with Gasteiger partial charge in [-0.2, -0.15) is 23.0 Å². The predicted octanol–water partition coefficient (Wildman–Crippen LogP) is 2.45. The Bertz CT molecular complexity index is 997. The molecule has 1 aliphatic carbocycles. The highest BCUT2D eigenvalue weighted by molar-refractivity contribution is 7.90. The van der Waals surface area contributed by atoms with E-state index in [0.29, 0.717) is 30.5 Å². The third-order valence-electron chi connectivity index (χ3n) is 4.05. The number of aromatic nitrogens is 3. The Morgan fingerprint density at radius 3 is 2.69 bits per heavy atom. The molecule has 2 heterocycles. The van der Waals surface area contributed by atoms with E-state index in [1.165, 1.54) is 6.92 Å². The molecule has 1 unspecified atom stereocenters. The highest BCUT2D eigenvalue weighted by Crippen LogP contribution is 2.38. The first-order valence-corrected chi connectivity index (χ1v) is 9.13. The maximum atomic E-state index is 13.2. The molecular weight excluding hydrogens is 373 g/mol. The van der Waals surface area contributed by atoms with Crippen LogP contribution >= 0.6 is 0 Å². The number of fused-ring (bicyclic) bond motifs is 1. The Morgan fingerprint density at radius 2 is 2.12 bits per heavy atom. The van der Waals surface area contributed by atoms with Crippen molar-refractivity contribution in [3.05, 3.63) is 34.8 Å². The highest BCUT2D eigenvalue weighted by atomic mass is 32.2. The Morgan fingerprint density at radius 1 is 1.42 bits per heavy atom. The fourth-order valence-electron chi connectivity index (χ4n) is 2.88. The third kappa shape index (κ3) is 3.29. The van der Waals surface area contributed by atoms with Crippen LogP contribution in [0.15, 0.2) is 17.3 Å². The Hall–Kier alpha value is -2.47. The number of alkyl halides is 3. The van der Waals surface area contributed by atoms with Gasteiger partial charge in [0.15, 0.2) is 14.9 Å². The van der Waals surface area contributed by atoms with E-state index in [1.807, 2.05) is 0 Å². The Kier molecular flexibility index (Phi) is 4.27. The van der Waals surface area contributed by atoms with Crippen LogP contribution in [0.5, 0.6) is 0 Å². The van der Waals surface area contributed by atoms with Crippen molar-refractivity contribution >= 4 is 21.6 Å². The van der Waals surface area contributed by atoms with E-state index < -0.39 is 27.8 Å². The molecule has 140 valence electrons. The maximum Gasteiger partial charge on any atom is 0.433 e. The number of halogens is 3. The van der Waals surface area contributed by atoms with E-state index in [2.05, 4.69) is 15.4 Å². The van der Waals surface area contributed by atoms with Gasteiger partial charge in [0, 0.05) is 17.5 Å². The summed E-state index contributed by atoms with van der Waals surface area (Å²) in [5.41, 5.74) is -0.274.